The Morgan fingerprint density at radius 2 is 2.46 bits per heavy atom. The van der Waals surface area contributed by atoms with Crippen LogP contribution in [0.25, 0.3) is 16.4 Å². The SMILES string of the molecule is c1coc(-c2csc3nccn23)c1. The number of fused-ring (bicyclic) bond motifs is 1. The van der Waals surface area contributed by atoms with Gasteiger partial charge in [-0.3, -0.25) is 4.40 Å². The van der Waals surface area contributed by atoms with E-state index in [4.69, 9.17) is 4.42 Å². The van der Waals surface area contributed by atoms with Crippen molar-refractivity contribution in [3.63, 3.8) is 0 Å². The van der Waals surface area contributed by atoms with Gasteiger partial charge in [0.05, 0.1) is 6.26 Å². The fourth-order valence-corrected chi connectivity index (χ4v) is 2.17. The quantitative estimate of drug-likeness (QED) is 0.590. The topological polar surface area (TPSA) is 30.4 Å². The predicted octanol–water partition coefficient (Wildman–Crippen LogP) is 2.66. The first kappa shape index (κ1) is 6.91. The summed E-state index contributed by atoms with van der Waals surface area (Å²) in [7, 11) is 0. The van der Waals surface area contributed by atoms with Crippen molar-refractivity contribution in [3.8, 4) is 11.5 Å². The number of hydrogen-bond acceptors (Lipinski definition) is 3. The molecule has 0 aliphatic heterocycles. The highest BCUT2D eigenvalue weighted by molar-refractivity contribution is 7.15. The third kappa shape index (κ3) is 0.922. The van der Waals surface area contributed by atoms with Crippen molar-refractivity contribution >= 4 is 16.3 Å². The van der Waals surface area contributed by atoms with Crippen LogP contribution in [0.4, 0.5) is 0 Å². The number of rotatable bonds is 1. The number of thiazole rings is 1. The molecule has 0 aromatic carbocycles. The van der Waals surface area contributed by atoms with E-state index in [0.717, 1.165) is 16.4 Å². The number of nitrogens with zero attached hydrogens (tertiary/aromatic N) is 2. The van der Waals surface area contributed by atoms with Crippen molar-refractivity contribution in [2.75, 3.05) is 0 Å². The lowest BCUT2D eigenvalue weighted by molar-refractivity contribution is 0.579. The Balaban J connectivity index is 2.33. The van der Waals surface area contributed by atoms with Gasteiger partial charge in [0.15, 0.2) is 10.7 Å². The van der Waals surface area contributed by atoms with Crippen molar-refractivity contribution in [2.45, 2.75) is 0 Å². The summed E-state index contributed by atoms with van der Waals surface area (Å²) in [4.78, 5) is 5.18. The van der Waals surface area contributed by atoms with Crippen LogP contribution >= 0.6 is 11.3 Å². The van der Waals surface area contributed by atoms with Gasteiger partial charge in [-0.25, -0.2) is 4.98 Å². The van der Waals surface area contributed by atoms with Gasteiger partial charge >= 0.3 is 0 Å². The largest absolute Gasteiger partial charge is 0.463 e. The fraction of sp³-hybridized carbons (Fsp3) is 0. The van der Waals surface area contributed by atoms with Crippen LogP contribution in [-0.4, -0.2) is 9.38 Å². The second-order valence-electron chi connectivity index (χ2n) is 2.68. The monoisotopic (exact) mass is 190 g/mol. The molecule has 0 fully saturated rings. The summed E-state index contributed by atoms with van der Waals surface area (Å²) in [5, 5.41) is 2.04. The molecule has 3 heterocycles. The first-order valence-corrected chi connectivity index (χ1v) is 4.77. The molecule has 0 unspecified atom stereocenters. The zero-order valence-corrected chi connectivity index (χ0v) is 7.49. The molecule has 0 amide bonds. The molecule has 0 radical (unpaired) electrons. The van der Waals surface area contributed by atoms with Gasteiger partial charge in [-0.15, -0.1) is 11.3 Å². The zero-order chi connectivity index (χ0) is 8.67. The van der Waals surface area contributed by atoms with E-state index in [2.05, 4.69) is 4.98 Å². The molecule has 13 heavy (non-hydrogen) atoms. The van der Waals surface area contributed by atoms with Crippen molar-refractivity contribution in [1.29, 1.82) is 0 Å². The van der Waals surface area contributed by atoms with E-state index in [1.807, 2.05) is 28.1 Å². The maximum Gasteiger partial charge on any atom is 0.194 e. The molecule has 0 saturated heterocycles. The standard InChI is InChI=1S/C9H6N2OS/c1-2-8(12-5-1)7-6-13-9-10-3-4-11(7)9/h1-6H. The number of imidazole rings is 1. The van der Waals surface area contributed by atoms with Crippen LogP contribution in [0.15, 0.2) is 40.6 Å². The Bertz CT molecular complexity index is 521. The first-order chi connectivity index (χ1) is 6.45. The molecular formula is C9H6N2OS. The molecule has 3 aromatic rings. The summed E-state index contributed by atoms with van der Waals surface area (Å²) in [6.07, 6.45) is 5.40. The average Bonchev–Trinajstić information content (AvgIpc) is 2.79. The van der Waals surface area contributed by atoms with Gasteiger partial charge in [-0.05, 0) is 12.1 Å². The maximum atomic E-state index is 5.31. The van der Waals surface area contributed by atoms with Crippen molar-refractivity contribution in [3.05, 3.63) is 36.2 Å². The van der Waals surface area contributed by atoms with Crippen molar-refractivity contribution in [2.24, 2.45) is 0 Å². The molecule has 0 aliphatic carbocycles. The van der Waals surface area contributed by atoms with Gasteiger partial charge in [0.1, 0.15) is 5.69 Å². The molecule has 0 spiro atoms. The molecule has 0 saturated carbocycles. The molecule has 0 aliphatic rings. The van der Waals surface area contributed by atoms with Crippen LogP contribution in [0.5, 0.6) is 0 Å². The van der Waals surface area contributed by atoms with Crippen LogP contribution < -0.4 is 0 Å². The van der Waals surface area contributed by atoms with Gasteiger partial charge in [0.25, 0.3) is 0 Å². The average molecular weight is 190 g/mol. The second kappa shape index (κ2) is 2.47. The molecule has 64 valence electrons. The molecule has 3 rings (SSSR count). The number of hydrogen-bond donors (Lipinski definition) is 0. The van der Waals surface area contributed by atoms with Crippen LogP contribution in [0.2, 0.25) is 0 Å². The van der Waals surface area contributed by atoms with E-state index in [0.29, 0.717) is 0 Å². The van der Waals surface area contributed by atoms with Crippen LogP contribution in [0, 0.1) is 0 Å². The summed E-state index contributed by atoms with van der Waals surface area (Å²) in [6.45, 7) is 0. The van der Waals surface area contributed by atoms with E-state index in [9.17, 15) is 0 Å². The smallest absolute Gasteiger partial charge is 0.194 e. The molecule has 3 nitrogen and oxygen atoms in total. The normalized spacial score (nSPS) is 11.1. The van der Waals surface area contributed by atoms with Crippen molar-refractivity contribution < 1.29 is 4.42 Å². The van der Waals surface area contributed by atoms with E-state index >= 15 is 0 Å². The second-order valence-corrected chi connectivity index (χ2v) is 3.51. The lowest BCUT2D eigenvalue weighted by atomic mass is 10.4. The maximum absolute atomic E-state index is 5.31. The molecule has 3 aromatic heterocycles. The fourth-order valence-electron chi connectivity index (χ4n) is 1.33. The van der Waals surface area contributed by atoms with E-state index in [-0.39, 0.29) is 0 Å². The van der Waals surface area contributed by atoms with E-state index in [1.54, 1.807) is 23.8 Å². The van der Waals surface area contributed by atoms with Crippen molar-refractivity contribution in [1.82, 2.24) is 9.38 Å². The Labute approximate surface area is 78.3 Å². The Hall–Kier alpha value is -1.55. The molecule has 4 heteroatoms. The Kier molecular flexibility index (Phi) is 1.31. The van der Waals surface area contributed by atoms with Gasteiger partial charge in [0, 0.05) is 17.8 Å². The number of aromatic nitrogens is 2. The minimum atomic E-state index is 0.879. The Morgan fingerprint density at radius 3 is 3.31 bits per heavy atom. The van der Waals surface area contributed by atoms with Gasteiger partial charge in [0.2, 0.25) is 0 Å². The van der Waals surface area contributed by atoms with Gasteiger partial charge < -0.3 is 4.42 Å². The van der Waals surface area contributed by atoms with Gasteiger partial charge in [-0.1, -0.05) is 0 Å². The summed E-state index contributed by atoms with van der Waals surface area (Å²) in [5.74, 6) is 0.879. The molecule has 0 atom stereocenters. The molecule has 0 bridgehead atoms. The summed E-state index contributed by atoms with van der Waals surface area (Å²) >= 11 is 1.61. The van der Waals surface area contributed by atoms with Crippen LogP contribution in [-0.2, 0) is 0 Å². The molecule has 0 N–H and O–H groups in total. The van der Waals surface area contributed by atoms with E-state index < -0.39 is 0 Å². The summed E-state index contributed by atoms with van der Waals surface area (Å²) in [5.41, 5.74) is 1.06. The first-order valence-electron chi connectivity index (χ1n) is 3.89. The van der Waals surface area contributed by atoms with Gasteiger partial charge in [-0.2, -0.15) is 0 Å². The Morgan fingerprint density at radius 1 is 1.46 bits per heavy atom. The minimum absolute atomic E-state index is 0.879. The van der Waals surface area contributed by atoms with Crippen LogP contribution in [0.3, 0.4) is 0 Å². The minimum Gasteiger partial charge on any atom is -0.463 e. The highest BCUT2D eigenvalue weighted by Gasteiger charge is 2.07. The van der Waals surface area contributed by atoms with E-state index in [1.165, 1.54) is 0 Å². The summed E-state index contributed by atoms with van der Waals surface area (Å²) in [6, 6.07) is 3.83. The van der Waals surface area contributed by atoms with Crippen LogP contribution in [0.1, 0.15) is 0 Å². The lowest BCUT2D eigenvalue weighted by Crippen LogP contribution is -1.79. The lowest BCUT2D eigenvalue weighted by Gasteiger charge is -1.91. The third-order valence-corrected chi connectivity index (χ3v) is 2.77. The summed E-state index contributed by atoms with van der Waals surface area (Å²) < 4.78 is 7.33. The molecular weight excluding hydrogens is 184 g/mol. The zero-order valence-electron chi connectivity index (χ0n) is 6.68. The predicted molar refractivity (Wildman–Crippen MR) is 50.8 cm³/mol. The third-order valence-electron chi connectivity index (χ3n) is 1.92. The number of furan rings is 1. The highest BCUT2D eigenvalue weighted by atomic mass is 32.1. The highest BCUT2D eigenvalue weighted by Crippen LogP contribution is 2.25.